The predicted molar refractivity (Wildman–Crippen MR) is 68.0 cm³/mol. The number of rotatable bonds is 3. The number of aryl methyl sites for hydroxylation is 1. The summed E-state index contributed by atoms with van der Waals surface area (Å²) in [5.74, 6) is -1.07. The van der Waals surface area contributed by atoms with Crippen molar-refractivity contribution in [1.82, 2.24) is 4.98 Å². The zero-order chi connectivity index (χ0) is 13.0. The van der Waals surface area contributed by atoms with E-state index in [4.69, 9.17) is 0 Å². The zero-order valence-corrected chi connectivity index (χ0v) is 9.98. The van der Waals surface area contributed by atoms with Gasteiger partial charge in [0.05, 0.1) is 0 Å². The number of hydrogen-bond acceptors (Lipinski definition) is 2. The number of nitrogens with one attached hydrogen (secondary N) is 1. The summed E-state index contributed by atoms with van der Waals surface area (Å²) in [4.78, 5) is 15.4. The molecule has 3 nitrogen and oxygen atoms in total. The number of halogens is 1. The second-order valence-electron chi connectivity index (χ2n) is 3.81. The molecule has 2 aromatic rings. The molecule has 1 amide bonds. The van der Waals surface area contributed by atoms with Crippen molar-refractivity contribution >= 4 is 11.6 Å². The topological polar surface area (TPSA) is 42.0 Å². The molecule has 0 bridgehead atoms. The molecule has 0 spiro atoms. The maximum absolute atomic E-state index is 12.9. The van der Waals surface area contributed by atoms with Crippen molar-refractivity contribution in [2.45, 2.75) is 13.3 Å². The van der Waals surface area contributed by atoms with Crippen LogP contribution in [0, 0.1) is 5.95 Å². The Bertz CT molecular complexity index is 569. The average Bonchev–Trinajstić information content (AvgIpc) is 2.39. The van der Waals surface area contributed by atoms with Crippen molar-refractivity contribution < 1.29 is 9.18 Å². The lowest BCUT2D eigenvalue weighted by Crippen LogP contribution is -2.15. The Kier molecular flexibility index (Phi) is 3.67. The number of carbonyl (C=O) groups is 1. The van der Waals surface area contributed by atoms with E-state index in [0.717, 1.165) is 17.7 Å². The smallest absolute Gasteiger partial charge is 0.274 e. The molecule has 2 rings (SSSR count). The van der Waals surface area contributed by atoms with Crippen LogP contribution in [0.2, 0.25) is 0 Å². The molecule has 18 heavy (non-hydrogen) atoms. The van der Waals surface area contributed by atoms with E-state index in [1.807, 2.05) is 31.2 Å². The fourth-order valence-corrected chi connectivity index (χ4v) is 1.67. The number of anilines is 1. The van der Waals surface area contributed by atoms with Gasteiger partial charge in [0.15, 0.2) is 0 Å². The van der Waals surface area contributed by atoms with Crippen molar-refractivity contribution in [1.29, 1.82) is 0 Å². The minimum Gasteiger partial charge on any atom is -0.320 e. The summed E-state index contributed by atoms with van der Waals surface area (Å²) in [5, 5.41) is 2.74. The molecule has 0 radical (unpaired) electrons. The highest BCUT2D eigenvalue weighted by atomic mass is 19.1. The SMILES string of the molecule is CCc1ccccc1NC(=O)c1cccc(F)n1. The molecular formula is C14H13FN2O. The summed E-state index contributed by atoms with van der Waals surface area (Å²) < 4.78 is 12.9. The monoisotopic (exact) mass is 244 g/mol. The summed E-state index contributed by atoms with van der Waals surface area (Å²) in [6.07, 6.45) is 0.813. The van der Waals surface area contributed by atoms with Gasteiger partial charge in [-0.1, -0.05) is 31.2 Å². The van der Waals surface area contributed by atoms with E-state index in [1.54, 1.807) is 0 Å². The first-order valence-electron chi connectivity index (χ1n) is 5.72. The van der Waals surface area contributed by atoms with Crippen LogP contribution in [0.5, 0.6) is 0 Å². The number of hydrogen-bond donors (Lipinski definition) is 1. The molecule has 1 aromatic carbocycles. The van der Waals surface area contributed by atoms with Gasteiger partial charge in [-0.05, 0) is 30.2 Å². The van der Waals surface area contributed by atoms with Crippen LogP contribution in [-0.4, -0.2) is 10.9 Å². The zero-order valence-electron chi connectivity index (χ0n) is 9.98. The van der Waals surface area contributed by atoms with Gasteiger partial charge in [-0.25, -0.2) is 4.98 Å². The van der Waals surface area contributed by atoms with E-state index in [1.165, 1.54) is 18.2 Å². The van der Waals surface area contributed by atoms with E-state index in [2.05, 4.69) is 10.3 Å². The summed E-state index contributed by atoms with van der Waals surface area (Å²) in [6, 6.07) is 11.7. The van der Waals surface area contributed by atoms with Crippen molar-refractivity contribution in [3.63, 3.8) is 0 Å². The third-order valence-electron chi connectivity index (χ3n) is 2.59. The van der Waals surface area contributed by atoms with Gasteiger partial charge in [0, 0.05) is 5.69 Å². The van der Waals surface area contributed by atoms with E-state index in [0.29, 0.717) is 0 Å². The van der Waals surface area contributed by atoms with Gasteiger partial charge in [-0.3, -0.25) is 4.79 Å². The van der Waals surface area contributed by atoms with Crippen molar-refractivity contribution in [3.8, 4) is 0 Å². The molecule has 0 saturated carbocycles. The summed E-state index contributed by atoms with van der Waals surface area (Å²) in [7, 11) is 0. The fourth-order valence-electron chi connectivity index (χ4n) is 1.67. The second-order valence-corrected chi connectivity index (χ2v) is 3.81. The number of nitrogens with zero attached hydrogens (tertiary/aromatic N) is 1. The van der Waals surface area contributed by atoms with Gasteiger partial charge in [0.1, 0.15) is 5.69 Å². The molecule has 0 aliphatic heterocycles. The third kappa shape index (κ3) is 2.71. The molecule has 0 atom stereocenters. The molecule has 0 aliphatic carbocycles. The molecule has 0 fully saturated rings. The maximum Gasteiger partial charge on any atom is 0.274 e. The van der Waals surface area contributed by atoms with Gasteiger partial charge in [0.2, 0.25) is 5.95 Å². The van der Waals surface area contributed by atoms with Gasteiger partial charge >= 0.3 is 0 Å². The first-order valence-corrected chi connectivity index (χ1v) is 5.72. The van der Waals surface area contributed by atoms with Gasteiger partial charge in [0.25, 0.3) is 5.91 Å². The van der Waals surface area contributed by atoms with Crippen LogP contribution in [0.25, 0.3) is 0 Å². The Balaban J connectivity index is 2.21. The van der Waals surface area contributed by atoms with Crippen LogP contribution in [-0.2, 0) is 6.42 Å². The number of amides is 1. The molecule has 1 heterocycles. The number of carbonyl (C=O) groups excluding carboxylic acids is 1. The number of benzene rings is 1. The Morgan fingerprint density at radius 2 is 2.00 bits per heavy atom. The van der Waals surface area contributed by atoms with E-state index < -0.39 is 11.9 Å². The Morgan fingerprint density at radius 3 is 2.72 bits per heavy atom. The predicted octanol–water partition coefficient (Wildman–Crippen LogP) is 3.04. The molecule has 4 heteroatoms. The minimum absolute atomic E-state index is 0.0703. The Labute approximate surface area is 105 Å². The standard InChI is InChI=1S/C14H13FN2O/c1-2-10-6-3-4-7-11(10)17-14(18)12-8-5-9-13(15)16-12/h3-9H,2H2,1H3,(H,17,18). The highest BCUT2D eigenvalue weighted by Gasteiger charge is 2.10. The molecule has 92 valence electrons. The highest BCUT2D eigenvalue weighted by Crippen LogP contribution is 2.16. The quantitative estimate of drug-likeness (QED) is 0.843. The van der Waals surface area contributed by atoms with Gasteiger partial charge < -0.3 is 5.32 Å². The van der Waals surface area contributed by atoms with Crippen molar-refractivity contribution in [2.24, 2.45) is 0 Å². The molecular weight excluding hydrogens is 231 g/mol. The average molecular weight is 244 g/mol. The van der Waals surface area contributed by atoms with E-state index in [-0.39, 0.29) is 5.69 Å². The first kappa shape index (κ1) is 12.2. The number of aromatic nitrogens is 1. The van der Waals surface area contributed by atoms with Crippen LogP contribution in [0.3, 0.4) is 0 Å². The largest absolute Gasteiger partial charge is 0.320 e. The van der Waals surface area contributed by atoms with Gasteiger partial charge in [-0.2, -0.15) is 4.39 Å². The molecule has 0 aliphatic rings. The third-order valence-corrected chi connectivity index (χ3v) is 2.59. The second kappa shape index (κ2) is 5.40. The Hall–Kier alpha value is -2.23. The normalized spacial score (nSPS) is 10.1. The van der Waals surface area contributed by atoms with E-state index >= 15 is 0 Å². The molecule has 0 saturated heterocycles. The summed E-state index contributed by atoms with van der Waals surface area (Å²) in [5.41, 5.74) is 1.83. The molecule has 0 unspecified atom stereocenters. The maximum atomic E-state index is 12.9. The van der Waals surface area contributed by atoms with Crippen LogP contribution >= 0.6 is 0 Å². The number of para-hydroxylation sites is 1. The fraction of sp³-hybridized carbons (Fsp3) is 0.143. The minimum atomic E-state index is -0.661. The van der Waals surface area contributed by atoms with Crippen LogP contribution in [0.4, 0.5) is 10.1 Å². The Morgan fingerprint density at radius 1 is 1.22 bits per heavy atom. The van der Waals surface area contributed by atoms with Gasteiger partial charge in [-0.15, -0.1) is 0 Å². The molecule has 1 N–H and O–H groups in total. The van der Waals surface area contributed by atoms with Crippen LogP contribution in [0.1, 0.15) is 23.0 Å². The lowest BCUT2D eigenvalue weighted by Gasteiger charge is -2.09. The lowest BCUT2D eigenvalue weighted by molar-refractivity contribution is 0.102. The summed E-state index contributed by atoms with van der Waals surface area (Å²) >= 11 is 0. The van der Waals surface area contributed by atoms with Crippen LogP contribution in [0.15, 0.2) is 42.5 Å². The summed E-state index contributed by atoms with van der Waals surface area (Å²) in [6.45, 7) is 2.01. The molecule has 1 aromatic heterocycles. The number of pyridine rings is 1. The van der Waals surface area contributed by atoms with Crippen molar-refractivity contribution in [2.75, 3.05) is 5.32 Å². The first-order chi connectivity index (χ1) is 8.70. The van der Waals surface area contributed by atoms with Crippen molar-refractivity contribution in [3.05, 3.63) is 59.7 Å². The highest BCUT2D eigenvalue weighted by molar-refractivity contribution is 6.03. The van der Waals surface area contributed by atoms with E-state index in [9.17, 15) is 9.18 Å². The lowest BCUT2D eigenvalue weighted by atomic mass is 10.1. The van der Waals surface area contributed by atoms with Crippen LogP contribution < -0.4 is 5.32 Å².